The summed E-state index contributed by atoms with van der Waals surface area (Å²) in [6.07, 6.45) is 3.52. The highest BCUT2D eigenvalue weighted by Crippen LogP contribution is 2.00. The molecule has 0 atom stereocenters. The maximum absolute atomic E-state index is 11.2. The Balaban J connectivity index is 2.36. The third-order valence-electron chi connectivity index (χ3n) is 1.88. The highest BCUT2D eigenvalue weighted by molar-refractivity contribution is 5.71. The minimum absolute atomic E-state index is 0.191. The molecule has 1 aromatic heterocycles. The number of ether oxygens (including phenoxy) is 1. The van der Waals surface area contributed by atoms with Gasteiger partial charge in [0, 0.05) is 18.9 Å². The second-order valence-corrected chi connectivity index (χ2v) is 3.34. The van der Waals surface area contributed by atoms with Crippen LogP contribution in [0.1, 0.15) is 12.5 Å². The van der Waals surface area contributed by atoms with Crippen molar-refractivity contribution < 1.29 is 9.53 Å². The fraction of sp³-hybridized carbons (Fsp3) is 0.455. The van der Waals surface area contributed by atoms with E-state index in [-0.39, 0.29) is 5.97 Å². The molecule has 82 valence electrons. The van der Waals surface area contributed by atoms with Gasteiger partial charge in [-0.05, 0) is 25.6 Å². The highest BCUT2D eigenvalue weighted by atomic mass is 16.5. The van der Waals surface area contributed by atoms with Gasteiger partial charge in [0.15, 0.2) is 0 Å². The summed E-state index contributed by atoms with van der Waals surface area (Å²) in [5, 5.41) is 0. The Labute approximate surface area is 89.9 Å². The molecule has 0 aliphatic rings. The lowest BCUT2D eigenvalue weighted by Crippen LogP contribution is -2.27. The van der Waals surface area contributed by atoms with Gasteiger partial charge in [0.1, 0.15) is 0 Å². The van der Waals surface area contributed by atoms with Crippen LogP contribution in [0.2, 0.25) is 0 Å². The van der Waals surface area contributed by atoms with Gasteiger partial charge in [-0.2, -0.15) is 0 Å². The lowest BCUT2D eigenvalue weighted by atomic mass is 10.3. The predicted molar refractivity (Wildman–Crippen MR) is 57.2 cm³/mol. The number of esters is 1. The standard InChI is InChI=1S/C11H16N2O2/c1-3-15-11(14)9-13(2)8-10-5-4-6-12-7-10/h4-7H,3,8-9H2,1-2H3. The minimum atomic E-state index is -0.191. The number of carbonyl (C=O) groups excluding carboxylic acids is 1. The molecule has 1 rings (SSSR count). The first-order valence-electron chi connectivity index (χ1n) is 4.95. The van der Waals surface area contributed by atoms with Crippen molar-refractivity contribution in [1.29, 1.82) is 0 Å². The Morgan fingerprint density at radius 1 is 1.60 bits per heavy atom. The Kier molecular flexibility index (Phi) is 4.77. The molecule has 0 aromatic carbocycles. The van der Waals surface area contributed by atoms with Gasteiger partial charge in [-0.15, -0.1) is 0 Å². The molecule has 1 heterocycles. The number of likely N-dealkylation sites (N-methyl/N-ethyl adjacent to an activating group) is 1. The average molecular weight is 208 g/mol. The zero-order chi connectivity index (χ0) is 11.1. The number of hydrogen-bond donors (Lipinski definition) is 0. The number of nitrogens with zero attached hydrogens (tertiary/aromatic N) is 2. The number of pyridine rings is 1. The van der Waals surface area contributed by atoms with Gasteiger partial charge in [-0.3, -0.25) is 14.7 Å². The van der Waals surface area contributed by atoms with E-state index in [1.165, 1.54) is 0 Å². The highest BCUT2D eigenvalue weighted by Gasteiger charge is 2.07. The quantitative estimate of drug-likeness (QED) is 0.679. The van der Waals surface area contributed by atoms with Crippen LogP contribution in [0.5, 0.6) is 0 Å². The van der Waals surface area contributed by atoms with Gasteiger partial charge in [-0.25, -0.2) is 0 Å². The molecule has 0 aliphatic carbocycles. The third-order valence-corrected chi connectivity index (χ3v) is 1.88. The number of hydrogen-bond acceptors (Lipinski definition) is 4. The van der Waals surface area contributed by atoms with Crippen molar-refractivity contribution in [1.82, 2.24) is 9.88 Å². The predicted octanol–water partition coefficient (Wildman–Crippen LogP) is 1.08. The van der Waals surface area contributed by atoms with Crippen molar-refractivity contribution in [3.8, 4) is 0 Å². The lowest BCUT2D eigenvalue weighted by Gasteiger charge is -2.14. The van der Waals surface area contributed by atoms with Crippen LogP contribution in [0.15, 0.2) is 24.5 Å². The molecule has 0 N–H and O–H groups in total. The zero-order valence-electron chi connectivity index (χ0n) is 9.14. The Bertz CT molecular complexity index is 301. The zero-order valence-corrected chi connectivity index (χ0v) is 9.14. The normalized spacial score (nSPS) is 10.3. The Morgan fingerprint density at radius 2 is 2.40 bits per heavy atom. The van der Waals surface area contributed by atoms with Crippen molar-refractivity contribution in [3.63, 3.8) is 0 Å². The monoisotopic (exact) mass is 208 g/mol. The lowest BCUT2D eigenvalue weighted by molar-refractivity contribution is -0.144. The Morgan fingerprint density at radius 3 is 3.00 bits per heavy atom. The van der Waals surface area contributed by atoms with Crippen molar-refractivity contribution in [3.05, 3.63) is 30.1 Å². The summed E-state index contributed by atoms with van der Waals surface area (Å²) in [7, 11) is 1.88. The van der Waals surface area contributed by atoms with Crippen LogP contribution in [0, 0.1) is 0 Å². The van der Waals surface area contributed by atoms with Gasteiger partial charge in [0.2, 0.25) is 0 Å². The van der Waals surface area contributed by atoms with E-state index in [1.807, 2.05) is 24.1 Å². The smallest absolute Gasteiger partial charge is 0.320 e. The number of rotatable bonds is 5. The molecule has 0 saturated heterocycles. The van der Waals surface area contributed by atoms with Crippen molar-refractivity contribution in [2.24, 2.45) is 0 Å². The van der Waals surface area contributed by atoms with Crippen molar-refractivity contribution >= 4 is 5.97 Å². The first-order chi connectivity index (χ1) is 7.22. The molecule has 0 unspecified atom stereocenters. The Hall–Kier alpha value is -1.42. The molecule has 0 fully saturated rings. The van der Waals surface area contributed by atoms with Gasteiger partial charge < -0.3 is 4.74 Å². The summed E-state index contributed by atoms with van der Waals surface area (Å²) in [5.74, 6) is -0.191. The minimum Gasteiger partial charge on any atom is -0.465 e. The van der Waals surface area contributed by atoms with Crippen LogP contribution in [0.4, 0.5) is 0 Å². The van der Waals surface area contributed by atoms with Crippen LogP contribution in [0.25, 0.3) is 0 Å². The fourth-order valence-corrected chi connectivity index (χ4v) is 1.29. The average Bonchev–Trinajstić information content (AvgIpc) is 2.19. The third kappa shape index (κ3) is 4.56. The van der Waals surface area contributed by atoms with Gasteiger partial charge in [-0.1, -0.05) is 6.07 Å². The molecule has 0 saturated carbocycles. The molecular weight excluding hydrogens is 192 g/mol. The maximum Gasteiger partial charge on any atom is 0.320 e. The topological polar surface area (TPSA) is 42.4 Å². The summed E-state index contributed by atoms with van der Waals surface area (Å²) in [6, 6.07) is 3.86. The largest absolute Gasteiger partial charge is 0.465 e. The summed E-state index contributed by atoms with van der Waals surface area (Å²) < 4.78 is 4.85. The molecule has 1 aromatic rings. The number of aromatic nitrogens is 1. The first kappa shape index (κ1) is 11.7. The van der Waals surface area contributed by atoms with E-state index in [0.717, 1.165) is 5.56 Å². The maximum atomic E-state index is 11.2. The number of carbonyl (C=O) groups is 1. The van der Waals surface area contributed by atoms with Crippen LogP contribution >= 0.6 is 0 Å². The van der Waals surface area contributed by atoms with Gasteiger partial charge >= 0.3 is 5.97 Å². The van der Waals surface area contributed by atoms with Crippen LogP contribution in [-0.2, 0) is 16.1 Å². The van der Waals surface area contributed by atoms with Gasteiger partial charge in [0.25, 0.3) is 0 Å². The molecule has 15 heavy (non-hydrogen) atoms. The van der Waals surface area contributed by atoms with Crippen LogP contribution in [-0.4, -0.2) is 36.1 Å². The van der Waals surface area contributed by atoms with E-state index in [4.69, 9.17) is 4.74 Å². The van der Waals surface area contributed by atoms with E-state index in [9.17, 15) is 4.79 Å². The summed E-state index contributed by atoms with van der Waals surface area (Å²) >= 11 is 0. The van der Waals surface area contributed by atoms with E-state index >= 15 is 0 Å². The van der Waals surface area contributed by atoms with Crippen LogP contribution < -0.4 is 0 Å². The second kappa shape index (κ2) is 6.14. The second-order valence-electron chi connectivity index (χ2n) is 3.34. The molecule has 0 aliphatic heterocycles. The van der Waals surface area contributed by atoms with E-state index in [0.29, 0.717) is 19.7 Å². The molecule has 0 bridgehead atoms. The van der Waals surface area contributed by atoms with Crippen molar-refractivity contribution in [2.75, 3.05) is 20.2 Å². The summed E-state index contributed by atoms with van der Waals surface area (Å²) in [6.45, 7) is 3.24. The van der Waals surface area contributed by atoms with E-state index in [2.05, 4.69) is 4.98 Å². The van der Waals surface area contributed by atoms with Crippen LogP contribution in [0.3, 0.4) is 0 Å². The van der Waals surface area contributed by atoms with Gasteiger partial charge in [0.05, 0.1) is 13.2 Å². The SMILES string of the molecule is CCOC(=O)CN(C)Cc1cccnc1. The van der Waals surface area contributed by atoms with Crippen molar-refractivity contribution in [2.45, 2.75) is 13.5 Å². The summed E-state index contributed by atoms with van der Waals surface area (Å²) in [5.41, 5.74) is 1.09. The molecular formula is C11H16N2O2. The molecule has 0 amide bonds. The van der Waals surface area contributed by atoms with E-state index < -0.39 is 0 Å². The molecule has 0 radical (unpaired) electrons. The molecule has 4 nitrogen and oxygen atoms in total. The van der Waals surface area contributed by atoms with E-state index in [1.54, 1.807) is 19.3 Å². The first-order valence-corrected chi connectivity index (χ1v) is 4.95. The molecule has 4 heteroatoms. The summed E-state index contributed by atoms with van der Waals surface area (Å²) in [4.78, 5) is 17.1. The molecule has 0 spiro atoms. The fourth-order valence-electron chi connectivity index (χ4n) is 1.29.